The molecule has 94 valence electrons. The first-order chi connectivity index (χ1) is 8.61. The minimum atomic E-state index is -1.11. The van der Waals surface area contributed by atoms with E-state index in [1.54, 1.807) is 48.5 Å². The van der Waals surface area contributed by atoms with Gasteiger partial charge >= 0.3 is 0 Å². The second-order valence-corrected chi connectivity index (χ2v) is 4.75. The van der Waals surface area contributed by atoms with Crippen LogP contribution in [0.1, 0.15) is 23.3 Å². The Bertz CT molecular complexity index is 493. The molecule has 2 aromatic rings. The fourth-order valence-corrected chi connectivity index (χ4v) is 2.27. The van der Waals surface area contributed by atoms with E-state index in [1.807, 2.05) is 0 Å². The minimum absolute atomic E-state index is 0.413. The summed E-state index contributed by atoms with van der Waals surface area (Å²) in [7, 11) is 0. The summed E-state index contributed by atoms with van der Waals surface area (Å²) in [4.78, 5) is 0. The molecule has 0 bridgehead atoms. The van der Waals surface area contributed by atoms with Crippen molar-refractivity contribution in [1.29, 1.82) is 0 Å². The highest BCUT2D eigenvalue weighted by Gasteiger charge is 2.23. The molecule has 0 heterocycles. The zero-order valence-electron chi connectivity index (χ0n) is 9.42. The van der Waals surface area contributed by atoms with E-state index in [9.17, 15) is 10.2 Å². The first-order valence-electron chi connectivity index (χ1n) is 5.46. The van der Waals surface area contributed by atoms with Crippen LogP contribution in [0.2, 0.25) is 10.0 Å². The number of hydrogen-bond donors (Lipinski definition) is 2. The molecule has 2 N–H and O–H groups in total. The molecule has 0 spiro atoms. The Morgan fingerprint density at radius 1 is 0.667 bits per heavy atom. The molecule has 0 aromatic heterocycles. The lowest BCUT2D eigenvalue weighted by Crippen LogP contribution is -2.11. The summed E-state index contributed by atoms with van der Waals surface area (Å²) in [5, 5.41) is 21.1. The maximum atomic E-state index is 10.2. The van der Waals surface area contributed by atoms with Crippen LogP contribution in [0, 0.1) is 0 Å². The number of aliphatic hydroxyl groups excluding tert-OH is 2. The Balaban J connectivity index is 2.33. The fraction of sp³-hybridized carbons (Fsp3) is 0.143. The van der Waals surface area contributed by atoms with Crippen molar-refractivity contribution in [2.75, 3.05) is 0 Å². The molecule has 0 amide bonds. The van der Waals surface area contributed by atoms with Crippen LogP contribution in [0.15, 0.2) is 48.5 Å². The molecule has 0 aliphatic heterocycles. The number of rotatable bonds is 3. The summed E-state index contributed by atoms with van der Waals surface area (Å²) in [6.45, 7) is 0. The standard InChI is InChI=1S/C14H12Cl2O2/c15-11-7-3-1-5-9(11)13(17)14(18)10-6-2-4-8-12(10)16/h1-8,13-14,17-18H/t13-,14-/m1/s1. The number of hydrogen-bond acceptors (Lipinski definition) is 2. The lowest BCUT2D eigenvalue weighted by molar-refractivity contribution is 0.0173. The van der Waals surface area contributed by atoms with Gasteiger partial charge in [0, 0.05) is 21.2 Å². The zero-order chi connectivity index (χ0) is 13.1. The summed E-state index contributed by atoms with van der Waals surface area (Å²) in [6.07, 6.45) is -2.22. The van der Waals surface area contributed by atoms with Gasteiger partial charge in [-0.25, -0.2) is 0 Å². The van der Waals surface area contributed by atoms with E-state index in [1.165, 1.54) is 0 Å². The summed E-state index contributed by atoms with van der Waals surface area (Å²) in [5.41, 5.74) is 0.957. The van der Waals surface area contributed by atoms with E-state index in [2.05, 4.69) is 0 Å². The Kier molecular flexibility index (Phi) is 4.25. The Morgan fingerprint density at radius 2 is 1.00 bits per heavy atom. The monoisotopic (exact) mass is 282 g/mol. The molecule has 18 heavy (non-hydrogen) atoms. The fourth-order valence-electron chi connectivity index (χ4n) is 1.77. The predicted molar refractivity (Wildman–Crippen MR) is 72.8 cm³/mol. The third-order valence-electron chi connectivity index (χ3n) is 2.75. The molecule has 0 aliphatic rings. The second-order valence-electron chi connectivity index (χ2n) is 3.93. The van der Waals surface area contributed by atoms with Gasteiger partial charge in [0.05, 0.1) is 0 Å². The first-order valence-corrected chi connectivity index (χ1v) is 6.22. The Hall–Kier alpha value is -1.06. The number of halogens is 2. The van der Waals surface area contributed by atoms with Crippen LogP contribution in [0.5, 0.6) is 0 Å². The molecule has 2 nitrogen and oxygen atoms in total. The predicted octanol–water partition coefficient (Wildman–Crippen LogP) is 3.76. The van der Waals surface area contributed by atoms with Gasteiger partial charge in [-0.05, 0) is 12.1 Å². The van der Waals surface area contributed by atoms with E-state index in [0.29, 0.717) is 21.2 Å². The van der Waals surface area contributed by atoms with Crippen LogP contribution in [-0.2, 0) is 0 Å². The lowest BCUT2D eigenvalue weighted by atomic mass is 9.98. The van der Waals surface area contributed by atoms with Crippen molar-refractivity contribution in [3.8, 4) is 0 Å². The van der Waals surface area contributed by atoms with Crippen molar-refractivity contribution in [3.63, 3.8) is 0 Å². The van der Waals surface area contributed by atoms with Crippen LogP contribution < -0.4 is 0 Å². The number of aliphatic hydroxyl groups is 2. The normalized spacial score (nSPS) is 14.2. The molecule has 2 aromatic carbocycles. The van der Waals surface area contributed by atoms with Crippen LogP contribution in [0.25, 0.3) is 0 Å². The summed E-state index contributed by atoms with van der Waals surface area (Å²) >= 11 is 12.0. The van der Waals surface area contributed by atoms with Gasteiger partial charge in [0.1, 0.15) is 12.2 Å². The third kappa shape index (κ3) is 2.68. The SMILES string of the molecule is O[C@H](c1ccccc1Cl)[C@H](O)c1ccccc1Cl. The van der Waals surface area contributed by atoms with E-state index >= 15 is 0 Å². The van der Waals surface area contributed by atoms with Gasteiger partial charge in [0.15, 0.2) is 0 Å². The average molecular weight is 283 g/mol. The van der Waals surface area contributed by atoms with Crippen LogP contribution in [-0.4, -0.2) is 10.2 Å². The van der Waals surface area contributed by atoms with Gasteiger partial charge < -0.3 is 10.2 Å². The van der Waals surface area contributed by atoms with Gasteiger partial charge in [0.2, 0.25) is 0 Å². The topological polar surface area (TPSA) is 40.5 Å². The molecule has 2 rings (SSSR count). The smallest absolute Gasteiger partial charge is 0.111 e. The molecule has 0 fully saturated rings. The van der Waals surface area contributed by atoms with Crippen LogP contribution in [0.3, 0.4) is 0 Å². The molecule has 2 atom stereocenters. The van der Waals surface area contributed by atoms with Crippen LogP contribution >= 0.6 is 23.2 Å². The average Bonchev–Trinajstić information content (AvgIpc) is 2.38. The van der Waals surface area contributed by atoms with Crippen molar-refractivity contribution in [1.82, 2.24) is 0 Å². The van der Waals surface area contributed by atoms with Crippen molar-refractivity contribution in [2.24, 2.45) is 0 Å². The summed E-state index contributed by atoms with van der Waals surface area (Å²) in [6, 6.07) is 13.7. The first kappa shape index (κ1) is 13.4. The molecular weight excluding hydrogens is 271 g/mol. The lowest BCUT2D eigenvalue weighted by Gasteiger charge is -2.20. The molecule has 0 saturated heterocycles. The van der Waals surface area contributed by atoms with E-state index in [0.717, 1.165) is 0 Å². The minimum Gasteiger partial charge on any atom is -0.385 e. The molecule has 4 heteroatoms. The van der Waals surface area contributed by atoms with E-state index in [4.69, 9.17) is 23.2 Å². The molecule has 0 unspecified atom stereocenters. The third-order valence-corrected chi connectivity index (χ3v) is 3.44. The van der Waals surface area contributed by atoms with Crippen molar-refractivity contribution in [3.05, 3.63) is 69.7 Å². The maximum absolute atomic E-state index is 10.2. The van der Waals surface area contributed by atoms with Gasteiger partial charge in [-0.1, -0.05) is 59.6 Å². The molecule has 0 radical (unpaired) electrons. The number of benzene rings is 2. The van der Waals surface area contributed by atoms with Gasteiger partial charge in [-0.3, -0.25) is 0 Å². The Morgan fingerprint density at radius 3 is 1.33 bits per heavy atom. The Labute approximate surface area is 115 Å². The van der Waals surface area contributed by atoms with E-state index < -0.39 is 12.2 Å². The maximum Gasteiger partial charge on any atom is 0.111 e. The highest BCUT2D eigenvalue weighted by molar-refractivity contribution is 6.31. The van der Waals surface area contributed by atoms with Crippen molar-refractivity contribution < 1.29 is 10.2 Å². The van der Waals surface area contributed by atoms with Gasteiger partial charge in [-0.2, -0.15) is 0 Å². The second kappa shape index (κ2) is 5.72. The quantitative estimate of drug-likeness (QED) is 0.900. The summed E-state index contributed by atoms with van der Waals surface area (Å²) in [5.74, 6) is 0. The van der Waals surface area contributed by atoms with Crippen molar-refractivity contribution >= 4 is 23.2 Å². The highest BCUT2D eigenvalue weighted by Crippen LogP contribution is 2.35. The molecule has 0 aliphatic carbocycles. The summed E-state index contributed by atoms with van der Waals surface area (Å²) < 4.78 is 0. The van der Waals surface area contributed by atoms with E-state index in [-0.39, 0.29) is 0 Å². The van der Waals surface area contributed by atoms with Gasteiger partial charge in [-0.15, -0.1) is 0 Å². The largest absolute Gasteiger partial charge is 0.385 e. The molecule has 0 saturated carbocycles. The van der Waals surface area contributed by atoms with Crippen molar-refractivity contribution in [2.45, 2.75) is 12.2 Å². The van der Waals surface area contributed by atoms with Gasteiger partial charge in [0.25, 0.3) is 0 Å². The molecular formula is C14H12Cl2O2. The van der Waals surface area contributed by atoms with Crippen LogP contribution in [0.4, 0.5) is 0 Å². The zero-order valence-corrected chi connectivity index (χ0v) is 10.9. The highest BCUT2D eigenvalue weighted by atomic mass is 35.5.